The van der Waals surface area contributed by atoms with E-state index in [1.165, 1.54) is 0 Å². The summed E-state index contributed by atoms with van der Waals surface area (Å²) in [7, 11) is 1.70. The summed E-state index contributed by atoms with van der Waals surface area (Å²) in [4.78, 5) is 7.12. The average molecular weight is 379 g/mol. The fraction of sp³-hybridized carbons (Fsp3) is 0.650. The topological polar surface area (TPSA) is 67.4 Å². The lowest BCUT2D eigenvalue weighted by Crippen LogP contribution is -2.37. The van der Waals surface area contributed by atoms with Crippen LogP contribution in [0.2, 0.25) is 0 Å². The Kier molecular flexibility index (Phi) is 10.6. The van der Waals surface area contributed by atoms with E-state index in [4.69, 9.17) is 14.2 Å². The van der Waals surface area contributed by atoms with Gasteiger partial charge >= 0.3 is 0 Å². The van der Waals surface area contributed by atoms with E-state index in [2.05, 4.69) is 27.4 Å². The van der Waals surface area contributed by atoms with Gasteiger partial charge in [0.25, 0.3) is 0 Å². The summed E-state index contributed by atoms with van der Waals surface area (Å²) in [5.74, 6) is 1.65. The molecule has 0 unspecified atom stereocenters. The highest BCUT2D eigenvalue weighted by Crippen LogP contribution is 2.17. The van der Waals surface area contributed by atoms with Gasteiger partial charge in [0.15, 0.2) is 5.96 Å². The van der Waals surface area contributed by atoms with Crippen LogP contribution in [0.15, 0.2) is 29.3 Å². The molecule has 0 spiro atoms. The first-order chi connectivity index (χ1) is 13.3. The smallest absolute Gasteiger partial charge is 0.195 e. The van der Waals surface area contributed by atoms with Crippen LogP contribution in [0.4, 0.5) is 5.69 Å². The van der Waals surface area contributed by atoms with Crippen molar-refractivity contribution in [2.75, 3.05) is 71.6 Å². The fourth-order valence-corrected chi connectivity index (χ4v) is 2.81. The van der Waals surface area contributed by atoms with E-state index in [0.717, 1.165) is 76.2 Å². The number of guanidine groups is 1. The van der Waals surface area contributed by atoms with Crippen molar-refractivity contribution in [1.82, 2.24) is 10.2 Å². The average Bonchev–Trinajstić information content (AvgIpc) is 2.70. The van der Waals surface area contributed by atoms with Gasteiger partial charge in [-0.15, -0.1) is 0 Å². The van der Waals surface area contributed by atoms with Crippen LogP contribution in [-0.2, 0) is 9.47 Å². The number of benzene rings is 1. The normalized spacial score (nSPS) is 15.6. The second-order valence-electron chi connectivity index (χ2n) is 6.42. The van der Waals surface area contributed by atoms with Gasteiger partial charge in [-0.25, -0.2) is 0 Å². The molecule has 0 saturated carbocycles. The zero-order chi connectivity index (χ0) is 19.2. The number of nitrogens with one attached hydrogen (secondary N) is 2. The molecule has 1 aromatic carbocycles. The molecule has 0 atom stereocenters. The van der Waals surface area contributed by atoms with E-state index in [9.17, 15) is 0 Å². The van der Waals surface area contributed by atoms with Gasteiger partial charge in [0.05, 0.1) is 19.8 Å². The Bertz CT molecular complexity index is 548. The van der Waals surface area contributed by atoms with Crippen LogP contribution in [0.1, 0.15) is 19.8 Å². The number of rotatable bonds is 11. The number of hydrogen-bond acceptors (Lipinski definition) is 5. The molecule has 1 heterocycles. The maximum Gasteiger partial charge on any atom is 0.195 e. The second kappa shape index (κ2) is 13.4. The predicted octanol–water partition coefficient (Wildman–Crippen LogP) is 2.20. The first kappa shape index (κ1) is 21.5. The van der Waals surface area contributed by atoms with E-state index in [0.29, 0.717) is 13.2 Å². The maximum absolute atomic E-state index is 5.76. The Hall–Kier alpha value is -1.83. The summed E-state index contributed by atoms with van der Waals surface area (Å²) in [6.07, 6.45) is 1.92. The van der Waals surface area contributed by atoms with Gasteiger partial charge in [0.2, 0.25) is 0 Å². The van der Waals surface area contributed by atoms with Gasteiger partial charge in [-0.2, -0.15) is 0 Å². The Morgan fingerprint density at radius 3 is 2.85 bits per heavy atom. The molecule has 1 aliphatic heterocycles. The summed E-state index contributed by atoms with van der Waals surface area (Å²) in [5, 5.41) is 6.66. The van der Waals surface area contributed by atoms with Gasteiger partial charge in [0.1, 0.15) is 5.75 Å². The minimum absolute atomic E-state index is 0.646. The van der Waals surface area contributed by atoms with E-state index in [1.807, 2.05) is 24.3 Å². The largest absolute Gasteiger partial charge is 0.493 e. The van der Waals surface area contributed by atoms with E-state index < -0.39 is 0 Å². The zero-order valence-electron chi connectivity index (χ0n) is 16.7. The summed E-state index contributed by atoms with van der Waals surface area (Å²) < 4.78 is 16.2. The number of ether oxygens (including phenoxy) is 3. The minimum atomic E-state index is 0.646. The molecule has 0 aromatic heterocycles. The Morgan fingerprint density at radius 2 is 2.07 bits per heavy atom. The number of anilines is 1. The van der Waals surface area contributed by atoms with Crippen molar-refractivity contribution in [2.45, 2.75) is 19.8 Å². The summed E-state index contributed by atoms with van der Waals surface area (Å²) in [6, 6.07) is 7.95. The quantitative estimate of drug-likeness (QED) is 0.350. The van der Waals surface area contributed by atoms with Crippen molar-refractivity contribution in [1.29, 1.82) is 0 Å². The second-order valence-corrected chi connectivity index (χ2v) is 6.42. The van der Waals surface area contributed by atoms with Gasteiger partial charge < -0.3 is 24.8 Å². The molecule has 1 fully saturated rings. The van der Waals surface area contributed by atoms with E-state index >= 15 is 0 Å². The monoisotopic (exact) mass is 378 g/mol. The highest BCUT2D eigenvalue weighted by atomic mass is 16.5. The third kappa shape index (κ3) is 9.08. The third-order valence-electron chi connectivity index (χ3n) is 4.21. The molecule has 0 amide bonds. The van der Waals surface area contributed by atoms with Crippen molar-refractivity contribution in [3.63, 3.8) is 0 Å². The van der Waals surface area contributed by atoms with Gasteiger partial charge in [-0.05, 0) is 25.5 Å². The molecule has 1 saturated heterocycles. The number of hydrogen-bond donors (Lipinski definition) is 2. The SMILES string of the molecule is CCNC(=NCCCN1CCOCC1)Nc1cccc(OCCCOC)c1. The Labute approximate surface area is 163 Å². The van der Waals surface area contributed by atoms with Crippen LogP contribution in [-0.4, -0.2) is 77.1 Å². The summed E-state index contributed by atoms with van der Waals surface area (Å²) >= 11 is 0. The van der Waals surface area contributed by atoms with Crippen LogP contribution in [0.5, 0.6) is 5.75 Å². The predicted molar refractivity (Wildman–Crippen MR) is 110 cm³/mol. The van der Waals surface area contributed by atoms with Crippen molar-refractivity contribution in [3.8, 4) is 5.75 Å². The molecule has 7 nitrogen and oxygen atoms in total. The lowest BCUT2D eigenvalue weighted by atomic mass is 10.3. The molecule has 27 heavy (non-hydrogen) atoms. The van der Waals surface area contributed by atoms with Crippen LogP contribution in [0.25, 0.3) is 0 Å². The molecule has 7 heteroatoms. The van der Waals surface area contributed by atoms with Gasteiger partial charge in [0, 0.05) is 64.6 Å². The van der Waals surface area contributed by atoms with Gasteiger partial charge in [-0.1, -0.05) is 6.07 Å². The van der Waals surface area contributed by atoms with Gasteiger partial charge in [-0.3, -0.25) is 9.89 Å². The van der Waals surface area contributed by atoms with Crippen molar-refractivity contribution >= 4 is 11.6 Å². The first-order valence-corrected chi connectivity index (χ1v) is 9.89. The van der Waals surface area contributed by atoms with Crippen molar-refractivity contribution in [3.05, 3.63) is 24.3 Å². The van der Waals surface area contributed by atoms with Crippen molar-refractivity contribution < 1.29 is 14.2 Å². The van der Waals surface area contributed by atoms with Crippen LogP contribution < -0.4 is 15.4 Å². The molecular formula is C20H34N4O3. The number of nitrogens with zero attached hydrogens (tertiary/aromatic N) is 2. The molecule has 2 rings (SSSR count). The molecule has 1 aromatic rings. The standard InChI is InChI=1S/C20H34N4O3/c1-3-21-20(22-9-5-10-24-11-15-26-16-12-24)23-18-7-4-8-19(17-18)27-14-6-13-25-2/h4,7-8,17H,3,5-6,9-16H2,1-2H3,(H2,21,22,23). The maximum atomic E-state index is 5.76. The molecule has 0 aliphatic carbocycles. The highest BCUT2D eigenvalue weighted by molar-refractivity contribution is 5.93. The third-order valence-corrected chi connectivity index (χ3v) is 4.21. The number of aliphatic imine (C=N–C) groups is 1. The summed E-state index contributed by atoms with van der Waals surface area (Å²) in [5.41, 5.74) is 0.965. The number of morpholine rings is 1. The minimum Gasteiger partial charge on any atom is -0.493 e. The molecule has 152 valence electrons. The Morgan fingerprint density at radius 1 is 1.22 bits per heavy atom. The van der Waals surface area contributed by atoms with E-state index in [1.54, 1.807) is 7.11 Å². The van der Waals surface area contributed by atoms with Crippen LogP contribution in [0, 0.1) is 0 Å². The molecule has 2 N–H and O–H groups in total. The lowest BCUT2D eigenvalue weighted by Gasteiger charge is -2.26. The van der Waals surface area contributed by atoms with Crippen LogP contribution in [0.3, 0.4) is 0 Å². The first-order valence-electron chi connectivity index (χ1n) is 9.89. The number of methoxy groups -OCH3 is 1. The highest BCUT2D eigenvalue weighted by Gasteiger charge is 2.09. The van der Waals surface area contributed by atoms with Crippen molar-refractivity contribution in [2.24, 2.45) is 4.99 Å². The fourth-order valence-electron chi connectivity index (χ4n) is 2.81. The molecule has 0 radical (unpaired) electrons. The lowest BCUT2D eigenvalue weighted by molar-refractivity contribution is 0.0377. The molecule has 1 aliphatic rings. The van der Waals surface area contributed by atoms with Crippen LogP contribution >= 0.6 is 0 Å². The Balaban J connectivity index is 1.79. The molecular weight excluding hydrogens is 344 g/mol. The van der Waals surface area contributed by atoms with E-state index in [-0.39, 0.29) is 0 Å². The summed E-state index contributed by atoms with van der Waals surface area (Å²) in [6.45, 7) is 9.85. The zero-order valence-corrected chi connectivity index (χ0v) is 16.7. The molecule has 0 bridgehead atoms.